The van der Waals surface area contributed by atoms with Crippen LogP contribution in [-0.2, 0) is 9.47 Å². The molecule has 0 aromatic heterocycles. The van der Waals surface area contributed by atoms with E-state index in [1.54, 1.807) is 0 Å². The van der Waals surface area contributed by atoms with Crippen molar-refractivity contribution in [3.8, 4) is 0 Å². The highest BCUT2D eigenvalue weighted by atomic mass is 16.7. The molecule has 0 bridgehead atoms. The molecule has 1 aliphatic carbocycles. The van der Waals surface area contributed by atoms with Gasteiger partial charge >= 0.3 is 0 Å². The van der Waals surface area contributed by atoms with E-state index in [0.717, 1.165) is 12.8 Å². The molecule has 0 aliphatic heterocycles. The highest BCUT2D eigenvalue weighted by molar-refractivity contribution is 4.77. The normalized spacial score (nSPS) is 20.8. The maximum atomic E-state index is 7.06. The lowest BCUT2D eigenvalue weighted by Gasteiger charge is -2.41. The lowest BCUT2D eigenvalue weighted by atomic mass is 9.95. The Kier molecular flexibility index (Phi) is 17.2. The van der Waals surface area contributed by atoms with E-state index < -0.39 is 0 Å². The molecule has 2 nitrogen and oxygen atoms in total. The summed E-state index contributed by atoms with van der Waals surface area (Å²) in [5, 5.41) is 0. The lowest BCUT2D eigenvalue weighted by molar-refractivity contribution is -0.290. The molecule has 0 aromatic carbocycles. The van der Waals surface area contributed by atoms with Crippen LogP contribution in [0.4, 0.5) is 0 Å². The molecule has 180 valence electrons. The van der Waals surface area contributed by atoms with Crippen LogP contribution in [0.2, 0.25) is 0 Å². The molecule has 1 saturated carbocycles. The second-order valence-corrected chi connectivity index (χ2v) is 9.93. The number of hydrogen-bond donors (Lipinski definition) is 0. The Morgan fingerprint density at radius 1 is 0.500 bits per heavy atom. The van der Waals surface area contributed by atoms with E-state index in [-0.39, 0.29) is 5.79 Å². The van der Waals surface area contributed by atoms with Gasteiger partial charge in [0.25, 0.3) is 0 Å². The van der Waals surface area contributed by atoms with Crippen LogP contribution >= 0.6 is 0 Å². The SMILES string of the molecule is CCCCC(CCC)OC1(OC(CCC)CCCC)CCCCCCCCCCC1. The Hall–Kier alpha value is -0.0800. The zero-order valence-corrected chi connectivity index (χ0v) is 21.3. The van der Waals surface area contributed by atoms with Crippen molar-refractivity contribution in [2.24, 2.45) is 0 Å². The highest BCUT2D eigenvalue weighted by Crippen LogP contribution is 2.35. The number of rotatable bonds is 14. The van der Waals surface area contributed by atoms with Crippen LogP contribution in [0.5, 0.6) is 0 Å². The van der Waals surface area contributed by atoms with Crippen molar-refractivity contribution in [3.63, 3.8) is 0 Å². The topological polar surface area (TPSA) is 18.5 Å². The third-order valence-corrected chi connectivity index (χ3v) is 6.86. The van der Waals surface area contributed by atoms with E-state index in [1.165, 1.54) is 122 Å². The fourth-order valence-corrected chi connectivity index (χ4v) is 5.05. The Bertz CT molecular complexity index is 334. The standard InChI is InChI=1S/C28H56O2/c1-5-9-22-26(20-7-3)29-28(30-27(21-8-4)23-10-6-2)24-18-16-14-12-11-13-15-17-19-25-28/h26-27H,5-25H2,1-4H3. The molecule has 2 atom stereocenters. The summed E-state index contributed by atoms with van der Waals surface area (Å²) in [4.78, 5) is 0. The van der Waals surface area contributed by atoms with E-state index in [9.17, 15) is 0 Å². The van der Waals surface area contributed by atoms with E-state index in [0.29, 0.717) is 12.2 Å². The minimum absolute atomic E-state index is 0.333. The van der Waals surface area contributed by atoms with Gasteiger partial charge in [0, 0.05) is 12.8 Å². The van der Waals surface area contributed by atoms with Crippen molar-refractivity contribution < 1.29 is 9.47 Å². The van der Waals surface area contributed by atoms with Crippen LogP contribution in [-0.4, -0.2) is 18.0 Å². The van der Waals surface area contributed by atoms with Gasteiger partial charge in [0.15, 0.2) is 5.79 Å². The van der Waals surface area contributed by atoms with Crippen molar-refractivity contribution in [1.82, 2.24) is 0 Å². The van der Waals surface area contributed by atoms with Crippen molar-refractivity contribution in [3.05, 3.63) is 0 Å². The summed E-state index contributed by atoms with van der Waals surface area (Å²) in [7, 11) is 0. The molecule has 1 aliphatic rings. The first-order chi connectivity index (χ1) is 14.7. The van der Waals surface area contributed by atoms with Gasteiger partial charge in [0.2, 0.25) is 0 Å². The summed E-state index contributed by atoms with van der Waals surface area (Å²) in [6.45, 7) is 9.20. The van der Waals surface area contributed by atoms with Crippen molar-refractivity contribution in [2.75, 3.05) is 0 Å². The summed E-state index contributed by atoms with van der Waals surface area (Å²) >= 11 is 0. The maximum Gasteiger partial charge on any atom is 0.169 e. The number of hydrogen-bond acceptors (Lipinski definition) is 2. The molecule has 0 radical (unpaired) electrons. The summed E-state index contributed by atoms with van der Waals surface area (Å²) in [5.74, 6) is -0.333. The van der Waals surface area contributed by atoms with E-state index in [2.05, 4.69) is 27.7 Å². The Morgan fingerprint density at radius 2 is 0.867 bits per heavy atom. The Balaban J connectivity index is 2.99. The highest BCUT2D eigenvalue weighted by Gasteiger charge is 2.36. The first-order valence-electron chi connectivity index (χ1n) is 14.0. The second-order valence-electron chi connectivity index (χ2n) is 9.93. The summed E-state index contributed by atoms with van der Waals surface area (Å²) in [6, 6.07) is 0. The molecular weight excluding hydrogens is 368 g/mol. The molecule has 0 saturated heterocycles. The van der Waals surface area contributed by atoms with Crippen molar-refractivity contribution in [1.29, 1.82) is 0 Å². The molecule has 1 fully saturated rings. The number of unbranched alkanes of at least 4 members (excludes halogenated alkanes) is 2. The molecule has 0 heterocycles. The van der Waals surface area contributed by atoms with Gasteiger partial charge in [-0.2, -0.15) is 0 Å². The van der Waals surface area contributed by atoms with Gasteiger partial charge in [0.1, 0.15) is 0 Å². The van der Waals surface area contributed by atoms with Gasteiger partial charge in [-0.25, -0.2) is 0 Å². The van der Waals surface area contributed by atoms with Gasteiger partial charge in [-0.1, -0.05) is 111 Å². The van der Waals surface area contributed by atoms with Gasteiger partial charge in [-0.15, -0.1) is 0 Å². The molecular formula is C28H56O2. The third-order valence-electron chi connectivity index (χ3n) is 6.86. The van der Waals surface area contributed by atoms with Gasteiger partial charge < -0.3 is 9.47 Å². The first kappa shape index (κ1) is 28.0. The summed E-state index contributed by atoms with van der Waals surface area (Å²) in [5.41, 5.74) is 0. The summed E-state index contributed by atoms with van der Waals surface area (Å²) in [6.07, 6.45) is 27.4. The van der Waals surface area contributed by atoms with Gasteiger partial charge in [-0.3, -0.25) is 0 Å². The monoisotopic (exact) mass is 424 g/mol. The zero-order chi connectivity index (χ0) is 21.9. The fourth-order valence-electron chi connectivity index (χ4n) is 5.05. The minimum Gasteiger partial charge on any atom is -0.347 e. The van der Waals surface area contributed by atoms with Crippen LogP contribution in [0.25, 0.3) is 0 Å². The first-order valence-corrected chi connectivity index (χ1v) is 14.0. The molecule has 0 spiro atoms. The third kappa shape index (κ3) is 12.7. The molecule has 0 N–H and O–H groups in total. The van der Waals surface area contributed by atoms with E-state index >= 15 is 0 Å². The second kappa shape index (κ2) is 18.5. The maximum absolute atomic E-state index is 7.06. The quantitative estimate of drug-likeness (QED) is 0.258. The van der Waals surface area contributed by atoms with E-state index in [4.69, 9.17) is 9.47 Å². The van der Waals surface area contributed by atoms with Gasteiger partial charge in [0.05, 0.1) is 12.2 Å². The smallest absolute Gasteiger partial charge is 0.169 e. The molecule has 30 heavy (non-hydrogen) atoms. The predicted octanol–water partition coefficient (Wildman–Crippen LogP) is 9.74. The molecule has 2 heteroatoms. The molecule has 0 amide bonds. The zero-order valence-electron chi connectivity index (χ0n) is 21.3. The number of ether oxygens (including phenoxy) is 2. The predicted molar refractivity (Wildman–Crippen MR) is 132 cm³/mol. The molecule has 2 unspecified atom stereocenters. The lowest BCUT2D eigenvalue weighted by Crippen LogP contribution is -2.43. The average Bonchev–Trinajstić information content (AvgIpc) is 2.73. The summed E-state index contributed by atoms with van der Waals surface area (Å²) < 4.78 is 14.1. The van der Waals surface area contributed by atoms with Crippen molar-refractivity contribution >= 4 is 0 Å². The van der Waals surface area contributed by atoms with Crippen LogP contribution in [0, 0.1) is 0 Å². The minimum atomic E-state index is -0.333. The van der Waals surface area contributed by atoms with Crippen LogP contribution in [0.1, 0.15) is 163 Å². The molecule has 0 aromatic rings. The Labute approximate surface area is 190 Å². The van der Waals surface area contributed by atoms with Gasteiger partial charge in [-0.05, 0) is 38.5 Å². The largest absolute Gasteiger partial charge is 0.347 e. The van der Waals surface area contributed by atoms with E-state index in [1.807, 2.05) is 0 Å². The van der Waals surface area contributed by atoms with Crippen LogP contribution in [0.3, 0.4) is 0 Å². The Morgan fingerprint density at radius 3 is 1.20 bits per heavy atom. The fraction of sp³-hybridized carbons (Fsp3) is 1.00. The average molecular weight is 425 g/mol. The van der Waals surface area contributed by atoms with Crippen LogP contribution < -0.4 is 0 Å². The van der Waals surface area contributed by atoms with Crippen molar-refractivity contribution in [2.45, 2.75) is 181 Å². The molecule has 1 rings (SSSR count). The van der Waals surface area contributed by atoms with Crippen LogP contribution in [0.15, 0.2) is 0 Å².